The van der Waals surface area contributed by atoms with Crippen LogP contribution in [0.4, 0.5) is 17.1 Å². The molecule has 2 aliphatic rings. The van der Waals surface area contributed by atoms with E-state index in [9.17, 15) is 19.7 Å². The Morgan fingerprint density at radius 3 is 2.25 bits per heavy atom. The van der Waals surface area contributed by atoms with Gasteiger partial charge in [0, 0.05) is 17.2 Å². The Morgan fingerprint density at radius 2 is 1.56 bits per heavy atom. The lowest BCUT2D eigenvalue weighted by Crippen LogP contribution is -2.37. The zero-order valence-electron chi connectivity index (χ0n) is 16.5. The lowest BCUT2D eigenvalue weighted by Gasteiger charge is -2.28. The molecule has 9 heteroatoms. The summed E-state index contributed by atoms with van der Waals surface area (Å²) in [5.41, 5.74) is 1.40. The van der Waals surface area contributed by atoms with Crippen molar-refractivity contribution in [2.75, 3.05) is 9.96 Å². The molecule has 0 bridgehead atoms. The number of halogens is 1. The number of nitrogens with zero attached hydrogens (tertiary/aromatic N) is 3. The third kappa shape index (κ3) is 3.21. The molecule has 2 aliphatic heterocycles. The maximum atomic E-state index is 13.5. The van der Waals surface area contributed by atoms with E-state index in [4.69, 9.17) is 16.4 Å². The fourth-order valence-electron chi connectivity index (χ4n) is 4.21. The van der Waals surface area contributed by atoms with Crippen LogP contribution < -0.4 is 9.96 Å². The van der Waals surface area contributed by atoms with Crippen LogP contribution in [0.25, 0.3) is 0 Å². The van der Waals surface area contributed by atoms with Gasteiger partial charge in [0.2, 0.25) is 5.91 Å². The van der Waals surface area contributed by atoms with Crippen molar-refractivity contribution in [3.8, 4) is 0 Å². The summed E-state index contributed by atoms with van der Waals surface area (Å²) in [4.78, 5) is 44.4. The van der Waals surface area contributed by atoms with Gasteiger partial charge in [0.25, 0.3) is 11.6 Å². The van der Waals surface area contributed by atoms with Gasteiger partial charge in [-0.3, -0.25) is 24.5 Å². The highest BCUT2D eigenvalue weighted by Gasteiger charge is 2.60. The van der Waals surface area contributed by atoms with Gasteiger partial charge in [-0.25, -0.2) is 9.96 Å². The molecule has 0 saturated carbocycles. The van der Waals surface area contributed by atoms with Gasteiger partial charge in [-0.05, 0) is 35.9 Å². The van der Waals surface area contributed by atoms with Gasteiger partial charge in [0.1, 0.15) is 5.92 Å². The molecule has 0 N–H and O–H groups in total. The number of anilines is 2. The van der Waals surface area contributed by atoms with E-state index in [1.54, 1.807) is 29.3 Å². The van der Waals surface area contributed by atoms with E-state index in [0.717, 1.165) is 10.5 Å². The normalized spacial score (nSPS) is 22.3. The third-order valence-corrected chi connectivity index (χ3v) is 5.89. The highest BCUT2D eigenvalue weighted by Crippen LogP contribution is 2.47. The Hall–Kier alpha value is -3.75. The van der Waals surface area contributed by atoms with E-state index in [1.807, 2.05) is 30.3 Å². The summed E-state index contributed by atoms with van der Waals surface area (Å²) in [6.07, 6.45) is -1.05. The largest absolute Gasteiger partial charge is 0.273 e. The number of hydroxylamine groups is 1. The van der Waals surface area contributed by atoms with Crippen molar-refractivity contribution in [1.82, 2.24) is 0 Å². The molecule has 8 nitrogen and oxygen atoms in total. The minimum Gasteiger partial charge on any atom is -0.273 e. The lowest BCUT2D eigenvalue weighted by molar-refractivity contribution is -0.384. The number of fused-ring (bicyclic) bond motifs is 1. The summed E-state index contributed by atoms with van der Waals surface area (Å²) >= 11 is 6.05. The molecule has 3 aromatic carbocycles. The Morgan fingerprint density at radius 1 is 0.875 bits per heavy atom. The SMILES string of the molecule is O=C1[C@H]2[C@@H](c3ccc(Cl)cc3)N(c3ccccc3)O[C@H]2C(=O)N1c1cccc([N+](=O)[O-])c1. The molecule has 2 heterocycles. The molecule has 0 spiro atoms. The second kappa shape index (κ2) is 7.74. The van der Waals surface area contributed by atoms with Crippen molar-refractivity contribution in [3.63, 3.8) is 0 Å². The van der Waals surface area contributed by atoms with Crippen LogP contribution in [0, 0.1) is 16.0 Å². The summed E-state index contributed by atoms with van der Waals surface area (Å²) in [5.74, 6) is -1.86. The molecule has 0 unspecified atom stereocenters. The minimum absolute atomic E-state index is 0.147. The lowest BCUT2D eigenvalue weighted by atomic mass is 9.90. The number of rotatable bonds is 4. The Labute approximate surface area is 187 Å². The predicted molar refractivity (Wildman–Crippen MR) is 117 cm³/mol. The smallest absolute Gasteiger partial charge is 0.271 e. The topological polar surface area (TPSA) is 93.0 Å². The summed E-state index contributed by atoms with van der Waals surface area (Å²) in [6.45, 7) is 0. The van der Waals surface area contributed by atoms with Crippen LogP contribution in [0.3, 0.4) is 0 Å². The number of nitro benzene ring substituents is 1. The van der Waals surface area contributed by atoms with E-state index in [2.05, 4.69) is 0 Å². The van der Waals surface area contributed by atoms with Gasteiger partial charge in [0.15, 0.2) is 6.10 Å². The van der Waals surface area contributed by atoms with Gasteiger partial charge >= 0.3 is 0 Å². The summed E-state index contributed by atoms with van der Waals surface area (Å²) in [6, 6.07) is 21.1. The number of amides is 2. The second-order valence-corrected chi connectivity index (χ2v) is 7.93. The molecule has 0 radical (unpaired) electrons. The molecular weight excluding hydrogens is 434 g/mol. The van der Waals surface area contributed by atoms with Crippen LogP contribution >= 0.6 is 11.6 Å². The number of hydrogen-bond acceptors (Lipinski definition) is 6. The van der Waals surface area contributed by atoms with Gasteiger partial charge in [-0.1, -0.05) is 48.0 Å². The van der Waals surface area contributed by atoms with Crippen molar-refractivity contribution < 1.29 is 19.3 Å². The zero-order chi connectivity index (χ0) is 22.4. The molecule has 3 aromatic rings. The summed E-state index contributed by atoms with van der Waals surface area (Å²) in [7, 11) is 0. The third-order valence-electron chi connectivity index (χ3n) is 5.64. The maximum Gasteiger partial charge on any atom is 0.271 e. The quantitative estimate of drug-likeness (QED) is 0.335. The van der Waals surface area contributed by atoms with Crippen molar-refractivity contribution in [3.05, 3.63) is 99.6 Å². The first kappa shape index (κ1) is 20.2. The summed E-state index contributed by atoms with van der Waals surface area (Å²) in [5, 5.41) is 13.3. The van der Waals surface area contributed by atoms with Crippen LogP contribution in [0.2, 0.25) is 5.02 Å². The van der Waals surface area contributed by atoms with Crippen molar-refractivity contribution >= 4 is 40.5 Å². The molecule has 2 amide bonds. The van der Waals surface area contributed by atoms with Gasteiger partial charge in [-0.2, -0.15) is 0 Å². The maximum absolute atomic E-state index is 13.5. The highest BCUT2D eigenvalue weighted by atomic mass is 35.5. The zero-order valence-corrected chi connectivity index (χ0v) is 17.3. The molecule has 2 fully saturated rings. The Bertz CT molecular complexity index is 1220. The number of para-hydroxylation sites is 1. The van der Waals surface area contributed by atoms with Gasteiger partial charge in [0.05, 0.1) is 22.3 Å². The first-order chi connectivity index (χ1) is 15.5. The van der Waals surface area contributed by atoms with Gasteiger partial charge in [-0.15, -0.1) is 0 Å². The van der Waals surface area contributed by atoms with Gasteiger partial charge < -0.3 is 0 Å². The standard InChI is InChI=1S/C23H16ClN3O5/c24-15-11-9-14(10-12-15)20-19-21(32-26(20)16-5-2-1-3-6-16)23(29)25(22(19)28)17-7-4-8-18(13-17)27(30)31/h1-13,19-21H/t19-,20+,21+/m0/s1. The molecule has 3 atom stereocenters. The highest BCUT2D eigenvalue weighted by molar-refractivity contribution is 6.30. The molecule has 160 valence electrons. The van der Waals surface area contributed by atoms with Crippen LogP contribution in [0.15, 0.2) is 78.9 Å². The van der Waals surface area contributed by atoms with E-state index in [0.29, 0.717) is 10.7 Å². The molecule has 2 saturated heterocycles. The molecular formula is C23H16ClN3O5. The van der Waals surface area contributed by atoms with E-state index < -0.39 is 34.8 Å². The predicted octanol–water partition coefficient (Wildman–Crippen LogP) is 4.30. The first-order valence-corrected chi connectivity index (χ1v) is 10.2. The fraction of sp³-hybridized carbons (Fsp3) is 0.130. The van der Waals surface area contributed by atoms with Crippen molar-refractivity contribution in [2.24, 2.45) is 5.92 Å². The second-order valence-electron chi connectivity index (χ2n) is 7.50. The van der Waals surface area contributed by atoms with Crippen molar-refractivity contribution in [1.29, 1.82) is 0 Å². The minimum atomic E-state index is -1.05. The van der Waals surface area contributed by atoms with E-state index >= 15 is 0 Å². The number of imide groups is 1. The van der Waals surface area contributed by atoms with Crippen LogP contribution in [-0.2, 0) is 14.4 Å². The number of benzene rings is 3. The summed E-state index contributed by atoms with van der Waals surface area (Å²) < 4.78 is 0. The number of hydrogen-bond donors (Lipinski definition) is 0. The molecule has 32 heavy (non-hydrogen) atoms. The Kier molecular flexibility index (Phi) is 4.88. The number of carbonyl (C=O) groups excluding carboxylic acids is 2. The van der Waals surface area contributed by atoms with Crippen LogP contribution in [-0.4, -0.2) is 22.8 Å². The number of carbonyl (C=O) groups is 2. The molecule has 0 aliphatic carbocycles. The fourth-order valence-corrected chi connectivity index (χ4v) is 4.34. The Balaban J connectivity index is 1.57. The number of non-ortho nitro benzene ring substituents is 1. The monoisotopic (exact) mass is 449 g/mol. The number of nitro groups is 1. The van der Waals surface area contributed by atoms with Crippen molar-refractivity contribution in [2.45, 2.75) is 12.1 Å². The first-order valence-electron chi connectivity index (χ1n) is 9.84. The van der Waals surface area contributed by atoms with E-state index in [-0.39, 0.29) is 11.4 Å². The molecule has 0 aromatic heterocycles. The van der Waals surface area contributed by atoms with E-state index in [1.165, 1.54) is 24.3 Å². The van der Waals surface area contributed by atoms with Crippen LogP contribution in [0.5, 0.6) is 0 Å². The average Bonchev–Trinajstić information content (AvgIpc) is 3.31. The molecule has 5 rings (SSSR count). The average molecular weight is 450 g/mol. The van der Waals surface area contributed by atoms with Crippen LogP contribution in [0.1, 0.15) is 11.6 Å².